The Morgan fingerprint density at radius 3 is 2.35 bits per heavy atom. The number of likely N-dealkylation sites (N-methyl/N-ethyl adjacent to an activating group) is 1. The maximum absolute atomic E-state index is 13.3. The lowest BCUT2D eigenvalue weighted by molar-refractivity contribution is -0.139. The van der Waals surface area contributed by atoms with E-state index in [1.54, 1.807) is 69.5 Å². The van der Waals surface area contributed by atoms with Gasteiger partial charge in [0.2, 0.25) is 21.8 Å². The minimum absolute atomic E-state index is 0.126. The molecule has 0 aromatic heterocycles. The first-order valence-electron chi connectivity index (χ1n) is 9.90. The molecule has 0 fully saturated rings. The number of benzene rings is 2. The van der Waals surface area contributed by atoms with E-state index in [1.807, 2.05) is 6.07 Å². The van der Waals surface area contributed by atoms with Crippen molar-refractivity contribution in [3.05, 3.63) is 60.2 Å². The second kappa shape index (κ2) is 10.8. The zero-order chi connectivity index (χ0) is 23.0. The fourth-order valence-corrected chi connectivity index (χ4v) is 3.93. The number of nitrogens with zero attached hydrogens (tertiary/aromatic N) is 2. The predicted octanol–water partition coefficient (Wildman–Crippen LogP) is 2.01. The number of anilines is 1. The van der Waals surface area contributed by atoms with Gasteiger partial charge in [0.05, 0.1) is 19.1 Å². The van der Waals surface area contributed by atoms with Crippen LogP contribution in [0.5, 0.6) is 5.75 Å². The number of hydrogen-bond donors (Lipinski definition) is 1. The number of hydrogen-bond acceptors (Lipinski definition) is 5. The average Bonchev–Trinajstić information content (AvgIpc) is 2.75. The third kappa shape index (κ3) is 6.71. The van der Waals surface area contributed by atoms with Gasteiger partial charge in [0.25, 0.3) is 0 Å². The van der Waals surface area contributed by atoms with Crippen LogP contribution in [-0.2, 0) is 26.2 Å². The topological polar surface area (TPSA) is 96.0 Å². The van der Waals surface area contributed by atoms with Crippen molar-refractivity contribution in [3.8, 4) is 5.75 Å². The van der Waals surface area contributed by atoms with Gasteiger partial charge in [0.1, 0.15) is 18.3 Å². The number of sulfonamides is 1. The number of methoxy groups -OCH3 is 1. The highest BCUT2D eigenvalue weighted by atomic mass is 32.2. The van der Waals surface area contributed by atoms with Gasteiger partial charge in [-0.25, -0.2) is 8.42 Å². The van der Waals surface area contributed by atoms with Crippen LogP contribution in [-0.4, -0.2) is 57.6 Å². The molecule has 0 aliphatic carbocycles. The van der Waals surface area contributed by atoms with Gasteiger partial charge in [-0.1, -0.05) is 30.3 Å². The van der Waals surface area contributed by atoms with E-state index in [4.69, 9.17) is 4.74 Å². The molecule has 1 unspecified atom stereocenters. The molecule has 0 saturated heterocycles. The summed E-state index contributed by atoms with van der Waals surface area (Å²) in [5.41, 5.74) is 1.14. The Morgan fingerprint density at radius 1 is 1.10 bits per heavy atom. The second-order valence-corrected chi connectivity index (χ2v) is 8.96. The SMILES string of the molecule is CCNC(=O)C(C)N(Cc1cccc(OC)c1)C(=O)CN(c1ccccc1)S(C)(=O)=O. The third-order valence-electron chi connectivity index (χ3n) is 4.73. The molecule has 2 aromatic carbocycles. The molecule has 8 nitrogen and oxygen atoms in total. The van der Waals surface area contributed by atoms with Crippen LogP contribution in [0.4, 0.5) is 5.69 Å². The second-order valence-electron chi connectivity index (χ2n) is 7.05. The number of amides is 2. The smallest absolute Gasteiger partial charge is 0.244 e. The average molecular weight is 448 g/mol. The van der Waals surface area contributed by atoms with E-state index in [-0.39, 0.29) is 12.5 Å². The maximum atomic E-state index is 13.3. The molecule has 1 N–H and O–H groups in total. The Balaban J connectivity index is 2.36. The minimum Gasteiger partial charge on any atom is -0.497 e. The lowest BCUT2D eigenvalue weighted by Gasteiger charge is -2.31. The highest BCUT2D eigenvalue weighted by Gasteiger charge is 2.29. The summed E-state index contributed by atoms with van der Waals surface area (Å²) in [6.45, 7) is 3.54. The number of nitrogens with one attached hydrogen (secondary N) is 1. The van der Waals surface area contributed by atoms with Crippen molar-refractivity contribution in [1.29, 1.82) is 0 Å². The van der Waals surface area contributed by atoms with Gasteiger partial charge in [0, 0.05) is 13.1 Å². The summed E-state index contributed by atoms with van der Waals surface area (Å²) in [5, 5.41) is 2.71. The zero-order valence-electron chi connectivity index (χ0n) is 18.2. The number of carbonyl (C=O) groups is 2. The largest absolute Gasteiger partial charge is 0.497 e. The molecule has 0 aliphatic heterocycles. The Hall–Kier alpha value is -3.07. The van der Waals surface area contributed by atoms with Crippen molar-refractivity contribution >= 4 is 27.5 Å². The Labute approximate surface area is 183 Å². The summed E-state index contributed by atoms with van der Waals surface area (Å²) in [4.78, 5) is 27.2. The van der Waals surface area contributed by atoms with E-state index in [0.29, 0.717) is 18.0 Å². The van der Waals surface area contributed by atoms with E-state index in [2.05, 4.69) is 5.32 Å². The molecule has 0 bridgehead atoms. The molecule has 0 aliphatic rings. The number of rotatable bonds is 10. The van der Waals surface area contributed by atoms with Crippen LogP contribution in [0, 0.1) is 0 Å². The van der Waals surface area contributed by atoms with E-state index in [9.17, 15) is 18.0 Å². The molecule has 0 heterocycles. The van der Waals surface area contributed by atoms with Crippen molar-refractivity contribution < 1.29 is 22.7 Å². The summed E-state index contributed by atoms with van der Waals surface area (Å²) in [6.07, 6.45) is 1.05. The zero-order valence-corrected chi connectivity index (χ0v) is 19.1. The fourth-order valence-electron chi connectivity index (χ4n) is 3.08. The van der Waals surface area contributed by atoms with Crippen molar-refractivity contribution in [2.24, 2.45) is 0 Å². The summed E-state index contributed by atoms with van der Waals surface area (Å²) in [6, 6.07) is 14.8. The van der Waals surface area contributed by atoms with Crippen molar-refractivity contribution in [2.75, 3.05) is 30.8 Å². The van der Waals surface area contributed by atoms with Gasteiger partial charge in [-0.2, -0.15) is 0 Å². The molecule has 31 heavy (non-hydrogen) atoms. The van der Waals surface area contributed by atoms with Gasteiger partial charge < -0.3 is 15.0 Å². The minimum atomic E-state index is -3.72. The van der Waals surface area contributed by atoms with Gasteiger partial charge in [-0.05, 0) is 43.7 Å². The summed E-state index contributed by atoms with van der Waals surface area (Å²) < 4.78 is 31.1. The van der Waals surface area contributed by atoms with Crippen LogP contribution >= 0.6 is 0 Å². The number of para-hydroxylation sites is 1. The summed E-state index contributed by atoms with van der Waals surface area (Å²) in [5.74, 6) is -0.183. The highest BCUT2D eigenvalue weighted by molar-refractivity contribution is 7.92. The fraction of sp³-hybridized carbons (Fsp3) is 0.364. The first-order chi connectivity index (χ1) is 14.7. The highest BCUT2D eigenvalue weighted by Crippen LogP contribution is 2.19. The molecule has 0 radical (unpaired) electrons. The van der Waals surface area contributed by atoms with Crippen molar-refractivity contribution in [1.82, 2.24) is 10.2 Å². The normalized spacial score (nSPS) is 12.0. The van der Waals surface area contributed by atoms with E-state index in [0.717, 1.165) is 16.1 Å². The van der Waals surface area contributed by atoms with Crippen LogP contribution in [0.2, 0.25) is 0 Å². The summed E-state index contributed by atoms with van der Waals surface area (Å²) in [7, 11) is -2.18. The molecule has 9 heteroatoms. The van der Waals surface area contributed by atoms with Crippen LogP contribution in [0.25, 0.3) is 0 Å². The standard InChI is InChI=1S/C22H29N3O5S/c1-5-23-22(27)17(2)24(15-18-10-9-13-20(14-18)30-3)21(26)16-25(31(4,28)29)19-11-7-6-8-12-19/h6-14,17H,5,15-16H2,1-4H3,(H,23,27). The molecule has 2 amide bonds. The first-order valence-corrected chi connectivity index (χ1v) is 11.7. The van der Waals surface area contributed by atoms with Crippen LogP contribution < -0.4 is 14.4 Å². The maximum Gasteiger partial charge on any atom is 0.244 e. The molecule has 0 saturated carbocycles. The van der Waals surface area contributed by atoms with Crippen molar-refractivity contribution in [3.63, 3.8) is 0 Å². The summed E-state index contributed by atoms with van der Waals surface area (Å²) >= 11 is 0. The van der Waals surface area contributed by atoms with E-state index >= 15 is 0 Å². The van der Waals surface area contributed by atoms with Gasteiger partial charge >= 0.3 is 0 Å². The lowest BCUT2D eigenvalue weighted by Crippen LogP contribution is -2.51. The van der Waals surface area contributed by atoms with E-state index < -0.39 is 28.5 Å². The molecule has 1 atom stereocenters. The molecular weight excluding hydrogens is 418 g/mol. The lowest BCUT2D eigenvalue weighted by atomic mass is 10.1. The molecule has 0 spiro atoms. The molecule has 2 aromatic rings. The van der Waals surface area contributed by atoms with Crippen LogP contribution in [0.1, 0.15) is 19.4 Å². The molecule has 168 valence electrons. The monoisotopic (exact) mass is 447 g/mol. The number of ether oxygens (including phenoxy) is 1. The Morgan fingerprint density at radius 2 is 1.77 bits per heavy atom. The molecular formula is C22H29N3O5S. The number of carbonyl (C=O) groups excluding carboxylic acids is 2. The van der Waals surface area contributed by atoms with E-state index in [1.165, 1.54) is 4.90 Å². The first kappa shape index (κ1) is 24.2. The van der Waals surface area contributed by atoms with Crippen LogP contribution in [0.15, 0.2) is 54.6 Å². The predicted molar refractivity (Wildman–Crippen MR) is 120 cm³/mol. The Kier molecular flexibility index (Phi) is 8.44. The van der Waals surface area contributed by atoms with Gasteiger partial charge in [-0.15, -0.1) is 0 Å². The Bertz CT molecular complexity index is 995. The third-order valence-corrected chi connectivity index (χ3v) is 5.87. The van der Waals surface area contributed by atoms with Crippen molar-refractivity contribution in [2.45, 2.75) is 26.4 Å². The molecule has 2 rings (SSSR count). The van der Waals surface area contributed by atoms with Gasteiger partial charge in [0.15, 0.2) is 0 Å². The van der Waals surface area contributed by atoms with Crippen LogP contribution in [0.3, 0.4) is 0 Å². The quantitative estimate of drug-likeness (QED) is 0.601. The van der Waals surface area contributed by atoms with Gasteiger partial charge in [-0.3, -0.25) is 13.9 Å².